The summed E-state index contributed by atoms with van der Waals surface area (Å²) in [7, 11) is 0. The van der Waals surface area contributed by atoms with Crippen LogP contribution in [0.25, 0.3) is 0 Å². The van der Waals surface area contributed by atoms with Crippen molar-refractivity contribution in [2.45, 2.75) is 44.9 Å². The zero-order chi connectivity index (χ0) is 11.5. The van der Waals surface area contributed by atoms with E-state index in [2.05, 4.69) is 15.3 Å². The summed E-state index contributed by atoms with van der Waals surface area (Å²) in [5, 5.41) is 2.89. The summed E-state index contributed by atoms with van der Waals surface area (Å²) >= 11 is 0. The number of nitrogens with zero attached hydrogens (tertiary/aromatic N) is 1. The SMILES string of the molecule is CC1CCC(C(=O)NC(C)c2ncc[nH]2)O1. The molecule has 1 amide bonds. The van der Waals surface area contributed by atoms with E-state index < -0.39 is 0 Å². The number of amides is 1. The minimum absolute atomic E-state index is 0.0479. The molecule has 3 atom stereocenters. The summed E-state index contributed by atoms with van der Waals surface area (Å²) in [5.74, 6) is 0.715. The molecule has 2 rings (SSSR count). The highest BCUT2D eigenvalue weighted by Crippen LogP contribution is 2.19. The zero-order valence-electron chi connectivity index (χ0n) is 9.56. The van der Waals surface area contributed by atoms with E-state index in [9.17, 15) is 4.79 Å². The first-order chi connectivity index (χ1) is 7.66. The number of hydrogen-bond acceptors (Lipinski definition) is 3. The molecule has 16 heavy (non-hydrogen) atoms. The zero-order valence-corrected chi connectivity index (χ0v) is 9.56. The monoisotopic (exact) mass is 223 g/mol. The lowest BCUT2D eigenvalue weighted by Crippen LogP contribution is -2.36. The quantitative estimate of drug-likeness (QED) is 0.808. The van der Waals surface area contributed by atoms with Gasteiger partial charge in [-0.15, -0.1) is 0 Å². The fraction of sp³-hybridized carbons (Fsp3) is 0.636. The maximum atomic E-state index is 11.8. The maximum Gasteiger partial charge on any atom is 0.249 e. The van der Waals surface area contributed by atoms with Gasteiger partial charge < -0.3 is 15.0 Å². The van der Waals surface area contributed by atoms with Crippen LogP contribution in [0.1, 0.15) is 38.6 Å². The molecule has 2 N–H and O–H groups in total. The van der Waals surface area contributed by atoms with Gasteiger partial charge in [-0.2, -0.15) is 0 Å². The van der Waals surface area contributed by atoms with E-state index in [0.717, 1.165) is 18.7 Å². The molecule has 5 heteroatoms. The smallest absolute Gasteiger partial charge is 0.249 e. The molecular formula is C11H17N3O2. The predicted octanol–water partition coefficient (Wildman–Crippen LogP) is 1.15. The lowest BCUT2D eigenvalue weighted by molar-refractivity contribution is -0.132. The lowest BCUT2D eigenvalue weighted by Gasteiger charge is -2.15. The number of ether oxygens (including phenoxy) is 1. The highest BCUT2D eigenvalue weighted by molar-refractivity contribution is 5.81. The Hall–Kier alpha value is -1.36. The van der Waals surface area contributed by atoms with Gasteiger partial charge in [-0.05, 0) is 26.7 Å². The third-order valence-corrected chi connectivity index (χ3v) is 2.81. The van der Waals surface area contributed by atoms with Crippen LogP contribution < -0.4 is 5.32 Å². The first-order valence-electron chi connectivity index (χ1n) is 5.62. The number of imidazole rings is 1. The van der Waals surface area contributed by atoms with E-state index in [-0.39, 0.29) is 24.2 Å². The van der Waals surface area contributed by atoms with Gasteiger partial charge in [0, 0.05) is 12.4 Å². The van der Waals surface area contributed by atoms with Crippen molar-refractivity contribution >= 4 is 5.91 Å². The van der Waals surface area contributed by atoms with Crippen molar-refractivity contribution < 1.29 is 9.53 Å². The molecule has 1 saturated heterocycles. The first-order valence-corrected chi connectivity index (χ1v) is 5.62. The van der Waals surface area contributed by atoms with Crippen LogP contribution in [0.5, 0.6) is 0 Å². The molecule has 1 fully saturated rings. The van der Waals surface area contributed by atoms with Crippen LogP contribution in [0.15, 0.2) is 12.4 Å². The Kier molecular flexibility index (Phi) is 3.24. The Balaban J connectivity index is 1.88. The van der Waals surface area contributed by atoms with Crippen LogP contribution in [0.2, 0.25) is 0 Å². The van der Waals surface area contributed by atoms with Gasteiger partial charge in [0.05, 0.1) is 12.1 Å². The molecule has 5 nitrogen and oxygen atoms in total. The number of nitrogens with one attached hydrogen (secondary N) is 2. The molecule has 0 bridgehead atoms. The third kappa shape index (κ3) is 2.41. The van der Waals surface area contributed by atoms with E-state index in [1.165, 1.54) is 0 Å². The van der Waals surface area contributed by atoms with Crippen LogP contribution in [0, 0.1) is 0 Å². The number of rotatable bonds is 3. The number of carbonyl (C=O) groups excluding carboxylic acids is 1. The van der Waals surface area contributed by atoms with Crippen LogP contribution in [0.4, 0.5) is 0 Å². The molecule has 1 aliphatic rings. The van der Waals surface area contributed by atoms with Crippen LogP contribution >= 0.6 is 0 Å². The molecule has 88 valence electrons. The molecule has 0 aliphatic carbocycles. The number of aromatic amines is 1. The molecule has 0 saturated carbocycles. The van der Waals surface area contributed by atoms with Gasteiger partial charge in [-0.3, -0.25) is 4.79 Å². The highest BCUT2D eigenvalue weighted by Gasteiger charge is 2.29. The Labute approximate surface area is 94.6 Å². The molecule has 1 aromatic rings. The van der Waals surface area contributed by atoms with E-state index in [0.29, 0.717) is 0 Å². The molecule has 0 aromatic carbocycles. The molecule has 0 spiro atoms. The van der Waals surface area contributed by atoms with Crippen LogP contribution in [-0.2, 0) is 9.53 Å². The summed E-state index contributed by atoms with van der Waals surface area (Å²) in [6, 6.07) is -0.109. The minimum atomic E-state index is -0.299. The Morgan fingerprint density at radius 2 is 2.50 bits per heavy atom. The van der Waals surface area contributed by atoms with E-state index in [1.54, 1.807) is 12.4 Å². The minimum Gasteiger partial charge on any atom is -0.365 e. The summed E-state index contributed by atoms with van der Waals surface area (Å²) in [6.45, 7) is 3.89. The lowest BCUT2D eigenvalue weighted by atomic mass is 10.2. The molecule has 0 radical (unpaired) electrons. The third-order valence-electron chi connectivity index (χ3n) is 2.81. The van der Waals surface area contributed by atoms with Crippen LogP contribution in [-0.4, -0.2) is 28.1 Å². The molecular weight excluding hydrogens is 206 g/mol. The number of carbonyl (C=O) groups is 1. The second kappa shape index (κ2) is 4.65. The Morgan fingerprint density at radius 1 is 1.69 bits per heavy atom. The van der Waals surface area contributed by atoms with Crippen molar-refractivity contribution in [3.8, 4) is 0 Å². The van der Waals surface area contributed by atoms with E-state index in [1.807, 2.05) is 13.8 Å². The highest BCUT2D eigenvalue weighted by atomic mass is 16.5. The van der Waals surface area contributed by atoms with Crippen molar-refractivity contribution in [2.75, 3.05) is 0 Å². The van der Waals surface area contributed by atoms with Gasteiger partial charge in [0.2, 0.25) is 5.91 Å². The van der Waals surface area contributed by atoms with Gasteiger partial charge in [0.1, 0.15) is 11.9 Å². The topological polar surface area (TPSA) is 67.0 Å². The number of hydrogen-bond donors (Lipinski definition) is 2. The Morgan fingerprint density at radius 3 is 3.06 bits per heavy atom. The second-order valence-corrected chi connectivity index (χ2v) is 4.22. The van der Waals surface area contributed by atoms with E-state index >= 15 is 0 Å². The molecule has 1 aliphatic heterocycles. The fourth-order valence-corrected chi connectivity index (χ4v) is 1.88. The van der Waals surface area contributed by atoms with Crippen molar-refractivity contribution in [2.24, 2.45) is 0 Å². The second-order valence-electron chi connectivity index (χ2n) is 4.22. The summed E-state index contributed by atoms with van der Waals surface area (Å²) < 4.78 is 5.50. The maximum absolute atomic E-state index is 11.8. The number of H-pyrrole nitrogens is 1. The van der Waals surface area contributed by atoms with Crippen molar-refractivity contribution in [3.63, 3.8) is 0 Å². The van der Waals surface area contributed by atoms with Gasteiger partial charge >= 0.3 is 0 Å². The Bertz CT molecular complexity index is 350. The fourth-order valence-electron chi connectivity index (χ4n) is 1.88. The van der Waals surface area contributed by atoms with E-state index in [4.69, 9.17) is 4.74 Å². The van der Waals surface area contributed by atoms with Gasteiger partial charge in [0.25, 0.3) is 0 Å². The van der Waals surface area contributed by atoms with Crippen LogP contribution in [0.3, 0.4) is 0 Å². The van der Waals surface area contributed by atoms with Gasteiger partial charge in [-0.25, -0.2) is 4.98 Å². The largest absolute Gasteiger partial charge is 0.365 e. The first kappa shape index (κ1) is 11.1. The summed E-state index contributed by atoms with van der Waals surface area (Å²) in [6.07, 6.45) is 5.06. The normalized spacial score (nSPS) is 26.6. The van der Waals surface area contributed by atoms with Gasteiger partial charge in [-0.1, -0.05) is 0 Å². The number of aromatic nitrogens is 2. The molecule has 1 aromatic heterocycles. The predicted molar refractivity (Wildman–Crippen MR) is 58.7 cm³/mol. The molecule has 3 unspecified atom stereocenters. The summed E-state index contributed by atoms with van der Waals surface area (Å²) in [5.41, 5.74) is 0. The molecule has 2 heterocycles. The van der Waals surface area contributed by atoms with Crippen molar-refractivity contribution in [3.05, 3.63) is 18.2 Å². The van der Waals surface area contributed by atoms with Crippen molar-refractivity contribution in [1.82, 2.24) is 15.3 Å². The summed E-state index contributed by atoms with van der Waals surface area (Å²) in [4.78, 5) is 18.9. The average Bonchev–Trinajstić information content (AvgIpc) is 2.87. The average molecular weight is 223 g/mol. The van der Waals surface area contributed by atoms with Crippen molar-refractivity contribution in [1.29, 1.82) is 0 Å². The van der Waals surface area contributed by atoms with Gasteiger partial charge in [0.15, 0.2) is 0 Å². The standard InChI is InChI=1S/C11H17N3O2/c1-7-3-4-9(16-7)11(15)14-8(2)10-12-5-6-13-10/h5-9H,3-4H2,1-2H3,(H,12,13)(H,14,15).